The van der Waals surface area contributed by atoms with Crippen molar-refractivity contribution < 1.29 is 0 Å². The first kappa shape index (κ1) is 18.7. The van der Waals surface area contributed by atoms with Gasteiger partial charge >= 0.3 is 0 Å². The second-order valence-electron chi connectivity index (χ2n) is 10.3. The summed E-state index contributed by atoms with van der Waals surface area (Å²) in [6.07, 6.45) is 12.0. The van der Waals surface area contributed by atoms with Crippen molar-refractivity contribution in [2.45, 2.75) is 85.1 Å². The number of hydrogen-bond donors (Lipinski definition) is 0. The van der Waals surface area contributed by atoms with Crippen molar-refractivity contribution in [3.8, 4) is 0 Å². The van der Waals surface area contributed by atoms with E-state index in [-0.39, 0.29) is 0 Å². The molecule has 0 amide bonds. The van der Waals surface area contributed by atoms with E-state index in [9.17, 15) is 0 Å². The molecule has 0 aromatic heterocycles. The molecule has 2 atom stereocenters. The number of nitrogens with zero attached hydrogens (tertiary/aromatic N) is 2. The predicted molar refractivity (Wildman–Crippen MR) is 104 cm³/mol. The molecule has 4 fully saturated rings. The molecule has 0 N–H and O–H groups in total. The number of piperidine rings is 2. The van der Waals surface area contributed by atoms with E-state index in [1.165, 1.54) is 84.1 Å². The van der Waals surface area contributed by atoms with Crippen LogP contribution in [0.5, 0.6) is 0 Å². The van der Waals surface area contributed by atoms with Gasteiger partial charge in [0.05, 0.1) is 0 Å². The van der Waals surface area contributed by atoms with E-state index >= 15 is 0 Å². The van der Waals surface area contributed by atoms with Crippen molar-refractivity contribution in [1.82, 2.24) is 9.80 Å². The maximum Gasteiger partial charge on any atom is 0.00987 e. The van der Waals surface area contributed by atoms with Gasteiger partial charge in [0.15, 0.2) is 0 Å². The zero-order valence-corrected chi connectivity index (χ0v) is 16.9. The van der Waals surface area contributed by atoms with Crippen molar-refractivity contribution >= 4 is 0 Å². The van der Waals surface area contributed by atoms with Gasteiger partial charge in [-0.05, 0) is 74.7 Å². The van der Waals surface area contributed by atoms with Crippen LogP contribution in [0, 0.1) is 23.2 Å². The summed E-state index contributed by atoms with van der Waals surface area (Å²) < 4.78 is 0. The Hall–Kier alpha value is -0.0800. The SMILES string of the molecule is CC(C)CN1CC2CC[C@@H]1C2.CC(C)CN1CCCC2(CCC2)C1. The van der Waals surface area contributed by atoms with Crippen molar-refractivity contribution in [2.24, 2.45) is 23.2 Å². The van der Waals surface area contributed by atoms with Gasteiger partial charge in [0.1, 0.15) is 0 Å². The third-order valence-corrected chi connectivity index (χ3v) is 6.90. The molecule has 0 aromatic carbocycles. The Bertz CT molecular complexity index is 385. The van der Waals surface area contributed by atoms with Gasteiger partial charge < -0.3 is 4.90 Å². The Morgan fingerprint density at radius 3 is 2.12 bits per heavy atom. The average molecular weight is 335 g/mol. The smallest absolute Gasteiger partial charge is 0.00987 e. The van der Waals surface area contributed by atoms with Crippen LogP contribution in [0.2, 0.25) is 0 Å². The fraction of sp³-hybridized carbons (Fsp3) is 1.00. The summed E-state index contributed by atoms with van der Waals surface area (Å²) in [5, 5.41) is 0. The monoisotopic (exact) mass is 334 g/mol. The van der Waals surface area contributed by atoms with E-state index in [2.05, 4.69) is 37.5 Å². The Morgan fingerprint density at radius 2 is 1.62 bits per heavy atom. The molecule has 2 heterocycles. The fourth-order valence-corrected chi connectivity index (χ4v) is 5.79. The molecule has 4 rings (SSSR count). The highest BCUT2D eigenvalue weighted by Gasteiger charge is 2.40. The predicted octanol–water partition coefficient (Wildman–Crippen LogP) is 5.04. The minimum absolute atomic E-state index is 0.785. The summed E-state index contributed by atoms with van der Waals surface area (Å²) in [6.45, 7) is 16.2. The first-order chi connectivity index (χ1) is 11.5. The molecule has 140 valence electrons. The van der Waals surface area contributed by atoms with Crippen molar-refractivity contribution in [3.05, 3.63) is 0 Å². The largest absolute Gasteiger partial charge is 0.303 e. The summed E-state index contributed by atoms with van der Waals surface area (Å²) in [5.41, 5.74) is 0.785. The van der Waals surface area contributed by atoms with Gasteiger partial charge in [-0.15, -0.1) is 0 Å². The summed E-state index contributed by atoms with van der Waals surface area (Å²) in [6, 6.07) is 0.974. The van der Waals surface area contributed by atoms with Crippen LogP contribution >= 0.6 is 0 Å². The Labute approximate surface area is 151 Å². The van der Waals surface area contributed by atoms with Gasteiger partial charge in [-0.3, -0.25) is 4.90 Å². The van der Waals surface area contributed by atoms with Crippen molar-refractivity contribution in [1.29, 1.82) is 0 Å². The minimum atomic E-state index is 0.785. The van der Waals surface area contributed by atoms with E-state index in [4.69, 9.17) is 0 Å². The van der Waals surface area contributed by atoms with E-state index < -0.39 is 0 Å². The molecule has 0 radical (unpaired) electrons. The standard InChI is InChI=1S/C12H23N.C10H19N/c1-11(2)9-13-8-4-7-12(10-13)5-3-6-12;1-8(2)6-11-7-9-3-4-10(11)5-9/h11H,3-10H2,1-2H3;8-10H,3-7H2,1-2H3/t;9?,10-/m.1/s1. The molecule has 2 bridgehead atoms. The highest BCUT2D eigenvalue weighted by Crippen LogP contribution is 2.47. The molecule has 2 aliphatic carbocycles. The molecule has 24 heavy (non-hydrogen) atoms. The highest BCUT2D eigenvalue weighted by molar-refractivity contribution is 4.93. The molecule has 2 saturated heterocycles. The van der Waals surface area contributed by atoms with E-state index in [0.29, 0.717) is 0 Å². The van der Waals surface area contributed by atoms with Crippen LogP contribution in [0.3, 0.4) is 0 Å². The fourth-order valence-electron chi connectivity index (χ4n) is 5.79. The van der Waals surface area contributed by atoms with Crippen LogP contribution < -0.4 is 0 Å². The van der Waals surface area contributed by atoms with Crippen LogP contribution in [-0.2, 0) is 0 Å². The van der Waals surface area contributed by atoms with E-state index in [1.54, 1.807) is 0 Å². The third kappa shape index (κ3) is 4.75. The second kappa shape index (κ2) is 8.08. The van der Waals surface area contributed by atoms with Crippen LogP contribution in [0.1, 0.15) is 79.1 Å². The minimum Gasteiger partial charge on any atom is -0.303 e. The molecular weight excluding hydrogens is 292 g/mol. The number of likely N-dealkylation sites (tertiary alicyclic amines) is 2. The lowest BCUT2D eigenvalue weighted by Crippen LogP contribution is -2.47. The molecule has 2 nitrogen and oxygen atoms in total. The lowest BCUT2D eigenvalue weighted by molar-refractivity contribution is 0.0155. The zero-order valence-electron chi connectivity index (χ0n) is 16.9. The lowest BCUT2D eigenvalue weighted by atomic mass is 9.64. The lowest BCUT2D eigenvalue weighted by Gasteiger charge is -2.49. The van der Waals surface area contributed by atoms with E-state index in [0.717, 1.165) is 29.2 Å². The molecular formula is C22H42N2. The van der Waals surface area contributed by atoms with Crippen LogP contribution in [0.4, 0.5) is 0 Å². The third-order valence-electron chi connectivity index (χ3n) is 6.90. The van der Waals surface area contributed by atoms with Crippen molar-refractivity contribution in [3.63, 3.8) is 0 Å². The van der Waals surface area contributed by atoms with Gasteiger partial charge in [0.25, 0.3) is 0 Å². The van der Waals surface area contributed by atoms with Crippen molar-refractivity contribution in [2.75, 3.05) is 32.7 Å². The first-order valence-electron chi connectivity index (χ1n) is 10.9. The number of rotatable bonds is 4. The molecule has 4 aliphatic rings. The molecule has 2 heteroatoms. The summed E-state index contributed by atoms with van der Waals surface area (Å²) >= 11 is 0. The van der Waals surface area contributed by atoms with Gasteiger partial charge in [-0.1, -0.05) is 34.1 Å². The zero-order chi connectivity index (χ0) is 17.2. The highest BCUT2D eigenvalue weighted by atomic mass is 15.2. The Kier molecular flexibility index (Phi) is 6.30. The van der Waals surface area contributed by atoms with Crippen LogP contribution in [-0.4, -0.2) is 48.6 Å². The molecule has 1 spiro atoms. The van der Waals surface area contributed by atoms with E-state index in [1.807, 2.05) is 0 Å². The number of fused-ring (bicyclic) bond motifs is 2. The average Bonchev–Trinajstić information content (AvgIpc) is 3.08. The molecule has 2 aliphatic heterocycles. The Morgan fingerprint density at radius 1 is 0.917 bits per heavy atom. The maximum atomic E-state index is 2.71. The van der Waals surface area contributed by atoms with Gasteiger partial charge in [0.2, 0.25) is 0 Å². The van der Waals surface area contributed by atoms with Gasteiger partial charge in [-0.25, -0.2) is 0 Å². The summed E-state index contributed by atoms with van der Waals surface area (Å²) in [5.74, 6) is 2.77. The quantitative estimate of drug-likeness (QED) is 0.711. The first-order valence-corrected chi connectivity index (χ1v) is 10.9. The van der Waals surface area contributed by atoms with Gasteiger partial charge in [0, 0.05) is 32.2 Å². The number of hydrogen-bond acceptors (Lipinski definition) is 2. The molecule has 0 aromatic rings. The molecule has 2 saturated carbocycles. The molecule has 1 unspecified atom stereocenters. The summed E-state index contributed by atoms with van der Waals surface area (Å²) in [4.78, 5) is 5.41. The maximum absolute atomic E-state index is 2.71. The van der Waals surface area contributed by atoms with Gasteiger partial charge in [-0.2, -0.15) is 0 Å². The summed E-state index contributed by atoms with van der Waals surface area (Å²) in [7, 11) is 0. The second-order valence-corrected chi connectivity index (χ2v) is 10.3. The van der Waals surface area contributed by atoms with Crippen LogP contribution in [0.25, 0.3) is 0 Å². The Balaban J connectivity index is 0.000000143. The van der Waals surface area contributed by atoms with Crippen LogP contribution in [0.15, 0.2) is 0 Å². The topological polar surface area (TPSA) is 6.48 Å². The normalized spacial score (nSPS) is 32.2.